The molecule has 1 fully saturated rings. The van der Waals surface area contributed by atoms with Gasteiger partial charge >= 0.3 is 5.97 Å². The normalized spacial score (nSPS) is 15.9. The van der Waals surface area contributed by atoms with Crippen LogP contribution < -0.4 is 4.90 Å². The fourth-order valence-electron chi connectivity index (χ4n) is 3.89. The maximum Gasteiger partial charge on any atom is 0.304 e. The quantitative estimate of drug-likeness (QED) is 0.643. The molecule has 0 saturated heterocycles. The number of aromatic nitrogens is 1. The summed E-state index contributed by atoms with van der Waals surface area (Å²) >= 11 is 7.60. The molecule has 1 atom stereocenters. The van der Waals surface area contributed by atoms with Crippen molar-refractivity contribution < 1.29 is 14.7 Å². The van der Waals surface area contributed by atoms with Crippen LogP contribution >= 0.6 is 22.9 Å². The van der Waals surface area contributed by atoms with Crippen molar-refractivity contribution in [2.24, 2.45) is 11.8 Å². The Labute approximate surface area is 174 Å². The molecule has 0 aliphatic heterocycles. The fourth-order valence-corrected chi connectivity index (χ4v) is 4.91. The van der Waals surface area contributed by atoms with Crippen molar-refractivity contribution in [3.05, 3.63) is 34.7 Å². The molecule has 1 heterocycles. The number of anilines is 1. The summed E-state index contributed by atoms with van der Waals surface area (Å²) in [6.45, 7) is 0. The zero-order chi connectivity index (χ0) is 20.1. The van der Waals surface area contributed by atoms with Crippen molar-refractivity contribution in [1.29, 1.82) is 0 Å². The number of carbonyl (C=O) groups excluding carboxylic acids is 1. The van der Waals surface area contributed by atoms with Gasteiger partial charge in [0.1, 0.15) is 0 Å². The monoisotopic (exact) mass is 420 g/mol. The lowest BCUT2D eigenvalue weighted by Crippen LogP contribution is -2.35. The number of hydrogen-bond acceptors (Lipinski definition) is 4. The van der Waals surface area contributed by atoms with E-state index >= 15 is 0 Å². The second kappa shape index (κ2) is 9.52. The second-order valence-electron chi connectivity index (χ2n) is 7.43. The first-order valence-electron chi connectivity index (χ1n) is 9.65. The van der Waals surface area contributed by atoms with Crippen molar-refractivity contribution in [1.82, 2.24) is 4.98 Å². The molecule has 1 aromatic carbocycles. The summed E-state index contributed by atoms with van der Waals surface area (Å²) in [6.07, 6.45) is 6.24. The van der Waals surface area contributed by atoms with Crippen LogP contribution in [0.2, 0.25) is 5.02 Å². The average molecular weight is 421 g/mol. The summed E-state index contributed by atoms with van der Waals surface area (Å²) in [5, 5.41) is 12.3. The summed E-state index contributed by atoms with van der Waals surface area (Å²) in [7, 11) is 1.67. The van der Waals surface area contributed by atoms with E-state index in [1.807, 2.05) is 23.6 Å². The fraction of sp³-hybridized carbons (Fsp3) is 0.476. The second-order valence-corrected chi connectivity index (χ2v) is 8.67. The number of carbonyl (C=O) groups is 2. The summed E-state index contributed by atoms with van der Waals surface area (Å²) in [6, 6.07) is 7.44. The predicted octanol–water partition coefficient (Wildman–Crippen LogP) is 5.49. The van der Waals surface area contributed by atoms with E-state index in [2.05, 4.69) is 4.98 Å². The Morgan fingerprint density at radius 3 is 2.68 bits per heavy atom. The Bertz CT molecular complexity index is 833. The molecule has 3 rings (SSSR count). The molecule has 7 heteroatoms. The van der Waals surface area contributed by atoms with Gasteiger partial charge < -0.3 is 5.11 Å². The van der Waals surface area contributed by atoms with Crippen molar-refractivity contribution in [2.45, 2.75) is 44.9 Å². The largest absolute Gasteiger partial charge is 0.481 e. The average Bonchev–Trinajstić information content (AvgIpc) is 3.17. The van der Waals surface area contributed by atoms with Gasteiger partial charge in [0.15, 0.2) is 5.13 Å². The third-order valence-corrected chi connectivity index (χ3v) is 6.62. The third kappa shape index (κ3) is 5.11. The highest BCUT2D eigenvalue weighted by atomic mass is 35.5. The standard InChI is InChI=1S/C21H25ClN2O3S/c1-24(21-23-18(13-28-21)16-9-5-6-10-17(16)22)20(27)15(12-19(25)26)11-14-7-3-2-4-8-14/h5-6,9-10,13-15H,2-4,7-8,11-12H2,1H3,(H,25,26)/t15-/m1/s1. The topological polar surface area (TPSA) is 70.5 Å². The molecule has 0 unspecified atom stereocenters. The first kappa shape index (κ1) is 20.8. The maximum atomic E-state index is 13.1. The Morgan fingerprint density at radius 2 is 2.00 bits per heavy atom. The number of benzene rings is 1. The van der Waals surface area contributed by atoms with E-state index in [0.29, 0.717) is 28.2 Å². The molecular weight excluding hydrogens is 396 g/mol. The molecule has 0 bridgehead atoms. The van der Waals surface area contributed by atoms with Gasteiger partial charge in [-0.1, -0.05) is 61.9 Å². The third-order valence-electron chi connectivity index (χ3n) is 5.37. The van der Waals surface area contributed by atoms with Crippen molar-refractivity contribution >= 4 is 39.9 Å². The van der Waals surface area contributed by atoms with Gasteiger partial charge in [0.2, 0.25) is 5.91 Å². The molecule has 1 N–H and O–H groups in total. The van der Waals surface area contributed by atoms with Crippen LogP contribution in [-0.2, 0) is 9.59 Å². The summed E-state index contributed by atoms with van der Waals surface area (Å²) in [4.78, 5) is 30.5. The molecule has 1 amide bonds. The molecule has 1 aromatic heterocycles. The number of carboxylic acids is 1. The number of aliphatic carboxylic acids is 1. The van der Waals surface area contributed by atoms with Gasteiger partial charge in [-0.05, 0) is 18.4 Å². The highest BCUT2D eigenvalue weighted by molar-refractivity contribution is 7.14. The Morgan fingerprint density at radius 1 is 1.29 bits per heavy atom. The molecule has 0 radical (unpaired) electrons. The molecular formula is C21H25ClN2O3S. The minimum absolute atomic E-state index is 0.136. The predicted molar refractivity (Wildman–Crippen MR) is 113 cm³/mol. The highest BCUT2D eigenvalue weighted by Crippen LogP contribution is 2.34. The lowest BCUT2D eigenvalue weighted by molar-refractivity contribution is -0.140. The van der Waals surface area contributed by atoms with E-state index in [4.69, 9.17) is 11.6 Å². The van der Waals surface area contributed by atoms with E-state index in [1.165, 1.54) is 35.5 Å². The first-order valence-corrected chi connectivity index (χ1v) is 10.9. The summed E-state index contributed by atoms with van der Waals surface area (Å²) in [5.74, 6) is -1.19. The SMILES string of the molecule is CN(C(=O)[C@@H](CC(=O)O)CC1CCCCC1)c1nc(-c2ccccc2Cl)cs1. The number of nitrogens with zero attached hydrogens (tertiary/aromatic N) is 2. The molecule has 1 saturated carbocycles. The van der Waals surface area contributed by atoms with Crippen LogP contribution in [0.4, 0.5) is 5.13 Å². The lowest BCUT2D eigenvalue weighted by Gasteiger charge is -2.27. The van der Waals surface area contributed by atoms with Gasteiger partial charge in [-0.2, -0.15) is 0 Å². The summed E-state index contributed by atoms with van der Waals surface area (Å²) < 4.78 is 0. The number of halogens is 1. The molecule has 5 nitrogen and oxygen atoms in total. The molecule has 2 aromatic rings. The van der Waals surface area contributed by atoms with E-state index in [1.54, 1.807) is 13.1 Å². The highest BCUT2D eigenvalue weighted by Gasteiger charge is 2.30. The van der Waals surface area contributed by atoms with Crippen LogP contribution in [0.3, 0.4) is 0 Å². The van der Waals surface area contributed by atoms with Crippen LogP contribution in [0.1, 0.15) is 44.9 Å². The number of amides is 1. The minimum atomic E-state index is -0.932. The van der Waals surface area contributed by atoms with Crippen molar-refractivity contribution in [3.63, 3.8) is 0 Å². The Hall–Kier alpha value is -1.92. The van der Waals surface area contributed by atoms with Crippen LogP contribution in [0.5, 0.6) is 0 Å². The summed E-state index contributed by atoms with van der Waals surface area (Å²) in [5.41, 5.74) is 1.53. The van der Waals surface area contributed by atoms with Gasteiger partial charge in [-0.15, -0.1) is 11.3 Å². The van der Waals surface area contributed by atoms with E-state index in [9.17, 15) is 14.7 Å². The van der Waals surface area contributed by atoms with Gasteiger partial charge in [-0.3, -0.25) is 14.5 Å². The maximum absolute atomic E-state index is 13.1. The van der Waals surface area contributed by atoms with E-state index in [0.717, 1.165) is 18.4 Å². The molecule has 28 heavy (non-hydrogen) atoms. The Balaban J connectivity index is 1.75. The zero-order valence-electron chi connectivity index (χ0n) is 15.9. The molecule has 1 aliphatic carbocycles. The Kier molecular flexibility index (Phi) is 7.08. The van der Waals surface area contributed by atoms with Gasteiger partial charge in [0.25, 0.3) is 0 Å². The first-order chi connectivity index (χ1) is 13.5. The van der Waals surface area contributed by atoms with Gasteiger partial charge in [-0.25, -0.2) is 4.98 Å². The van der Waals surface area contributed by atoms with E-state index < -0.39 is 11.9 Å². The van der Waals surface area contributed by atoms with Crippen LogP contribution in [0.25, 0.3) is 11.3 Å². The molecule has 1 aliphatic rings. The number of carboxylic acid groups (broad SMARTS) is 1. The number of thiazole rings is 1. The lowest BCUT2D eigenvalue weighted by atomic mass is 9.81. The van der Waals surface area contributed by atoms with Crippen molar-refractivity contribution in [2.75, 3.05) is 11.9 Å². The van der Waals surface area contributed by atoms with Gasteiger partial charge in [0.05, 0.1) is 12.1 Å². The zero-order valence-corrected chi connectivity index (χ0v) is 17.5. The number of hydrogen-bond donors (Lipinski definition) is 1. The van der Waals surface area contributed by atoms with Crippen molar-refractivity contribution in [3.8, 4) is 11.3 Å². The minimum Gasteiger partial charge on any atom is -0.481 e. The molecule has 0 spiro atoms. The van der Waals surface area contributed by atoms with E-state index in [-0.39, 0.29) is 12.3 Å². The van der Waals surface area contributed by atoms with Crippen LogP contribution in [-0.4, -0.2) is 29.0 Å². The molecule has 150 valence electrons. The van der Waals surface area contributed by atoms with Crippen LogP contribution in [0.15, 0.2) is 29.6 Å². The van der Waals surface area contributed by atoms with Crippen LogP contribution in [0, 0.1) is 11.8 Å². The number of rotatable bonds is 7. The smallest absolute Gasteiger partial charge is 0.304 e. The van der Waals surface area contributed by atoms with Gasteiger partial charge in [0, 0.05) is 28.9 Å².